The van der Waals surface area contributed by atoms with E-state index in [1.54, 1.807) is 24.3 Å². The molecule has 0 aliphatic heterocycles. The number of rotatable bonds is 11. The molecule has 0 radical (unpaired) electrons. The molecular weight excluding hydrogens is 352 g/mol. The zero-order valence-corrected chi connectivity index (χ0v) is 16.0. The number of aliphatic carboxylic acids is 1. The van der Waals surface area contributed by atoms with E-state index >= 15 is 0 Å². The highest BCUT2D eigenvalue weighted by Crippen LogP contribution is 2.21. The van der Waals surface area contributed by atoms with Crippen molar-refractivity contribution in [2.24, 2.45) is 5.41 Å². The minimum absolute atomic E-state index is 0.0604. The number of nitrogens with one attached hydrogen (secondary N) is 2. The van der Waals surface area contributed by atoms with Gasteiger partial charge in [0.15, 0.2) is 0 Å². The van der Waals surface area contributed by atoms with E-state index < -0.39 is 11.4 Å². The molecule has 0 aromatic heterocycles. The van der Waals surface area contributed by atoms with Crippen LogP contribution in [0.15, 0.2) is 24.3 Å². The summed E-state index contributed by atoms with van der Waals surface area (Å²) in [6.45, 7) is 6.63. The van der Waals surface area contributed by atoms with Crippen molar-refractivity contribution in [3.05, 3.63) is 29.8 Å². The second-order valence-electron chi connectivity index (χ2n) is 6.63. The van der Waals surface area contributed by atoms with Gasteiger partial charge in [0.2, 0.25) is 0 Å². The number of hydrogen-bond donors (Lipinski definition) is 3. The first-order valence-electron chi connectivity index (χ1n) is 8.85. The first-order chi connectivity index (χ1) is 12.7. The van der Waals surface area contributed by atoms with E-state index in [2.05, 4.69) is 10.6 Å². The molecular formula is C19H28N2O6. The molecule has 150 valence electrons. The predicted molar refractivity (Wildman–Crippen MR) is 101 cm³/mol. The largest absolute Gasteiger partial charge is 0.481 e. The van der Waals surface area contributed by atoms with Crippen LogP contribution in [0.1, 0.15) is 32.8 Å². The van der Waals surface area contributed by atoms with E-state index in [0.717, 1.165) is 0 Å². The van der Waals surface area contributed by atoms with Crippen LogP contribution >= 0.6 is 0 Å². The van der Waals surface area contributed by atoms with Crippen molar-refractivity contribution in [3.8, 4) is 0 Å². The summed E-state index contributed by atoms with van der Waals surface area (Å²) < 4.78 is 10.4. The molecule has 0 atom stereocenters. The molecule has 8 heteroatoms. The third kappa shape index (κ3) is 9.05. The zero-order chi connectivity index (χ0) is 20.3. The lowest BCUT2D eigenvalue weighted by Gasteiger charge is -2.20. The van der Waals surface area contributed by atoms with Crippen molar-refractivity contribution >= 4 is 23.7 Å². The van der Waals surface area contributed by atoms with E-state index in [4.69, 9.17) is 14.6 Å². The summed E-state index contributed by atoms with van der Waals surface area (Å²) in [5.41, 5.74) is 0.726. The molecule has 0 heterocycles. The molecule has 2 amide bonds. The van der Waals surface area contributed by atoms with Crippen LogP contribution in [0.5, 0.6) is 0 Å². The Morgan fingerprint density at radius 1 is 1.07 bits per heavy atom. The van der Waals surface area contributed by atoms with Gasteiger partial charge in [-0.1, -0.05) is 19.1 Å². The molecule has 1 aromatic carbocycles. The average Bonchev–Trinajstić information content (AvgIpc) is 2.61. The average molecular weight is 380 g/mol. The smallest absolute Gasteiger partial charge is 0.319 e. The Labute approximate surface area is 159 Å². The van der Waals surface area contributed by atoms with Gasteiger partial charge in [0.1, 0.15) is 6.61 Å². The summed E-state index contributed by atoms with van der Waals surface area (Å²) in [6, 6.07) is 6.18. The number of urea groups is 1. The van der Waals surface area contributed by atoms with Gasteiger partial charge in [-0.2, -0.15) is 0 Å². The minimum atomic E-state index is -0.905. The maximum atomic E-state index is 11.8. The van der Waals surface area contributed by atoms with Gasteiger partial charge >= 0.3 is 18.0 Å². The normalized spacial score (nSPS) is 10.9. The topological polar surface area (TPSA) is 114 Å². The first-order valence-corrected chi connectivity index (χ1v) is 8.85. The molecule has 3 N–H and O–H groups in total. The Kier molecular flexibility index (Phi) is 9.29. The van der Waals surface area contributed by atoms with Gasteiger partial charge in [-0.3, -0.25) is 9.59 Å². The molecule has 0 bridgehead atoms. The highest BCUT2D eigenvalue weighted by molar-refractivity contribution is 5.89. The van der Waals surface area contributed by atoms with E-state index in [0.29, 0.717) is 30.8 Å². The first kappa shape index (κ1) is 22.4. The van der Waals surface area contributed by atoms with Gasteiger partial charge < -0.3 is 25.2 Å². The van der Waals surface area contributed by atoms with E-state index in [1.807, 2.05) is 20.8 Å². The summed E-state index contributed by atoms with van der Waals surface area (Å²) in [6.07, 6.45) is 0.642. The Morgan fingerprint density at radius 2 is 1.74 bits per heavy atom. The molecule has 27 heavy (non-hydrogen) atoms. The number of hydrogen-bond acceptors (Lipinski definition) is 5. The number of esters is 1. The van der Waals surface area contributed by atoms with E-state index in [-0.39, 0.29) is 31.6 Å². The quantitative estimate of drug-likeness (QED) is 0.401. The lowest BCUT2D eigenvalue weighted by atomic mass is 9.91. The van der Waals surface area contributed by atoms with Gasteiger partial charge in [-0.05, 0) is 38.0 Å². The fourth-order valence-corrected chi connectivity index (χ4v) is 1.93. The van der Waals surface area contributed by atoms with Crippen LogP contribution in [0.25, 0.3) is 0 Å². The molecule has 0 saturated carbocycles. The summed E-state index contributed by atoms with van der Waals surface area (Å²) in [5.74, 6) is -1.15. The molecule has 0 unspecified atom stereocenters. The highest BCUT2D eigenvalue weighted by Gasteiger charge is 2.26. The van der Waals surface area contributed by atoms with Crippen molar-refractivity contribution in [3.63, 3.8) is 0 Å². The van der Waals surface area contributed by atoms with Gasteiger partial charge in [0.05, 0.1) is 25.0 Å². The van der Waals surface area contributed by atoms with Crippen LogP contribution in [0.3, 0.4) is 0 Å². The molecule has 8 nitrogen and oxygen atoms in total. The second-order valence-corrected chi connectivity index (χ2v) is 6.63. The predicted octanol–water partition coefficient (Wildman–Crippen LogP) is 2.43. The van der Waals surface area contributed by atoms with E-state index in [1.165, 1.54) is 0 Å². The fourth-order valence-electron chi connectivity index (χ4n) is 1.93. The lowest BCUT2D eigenvalue weighted by molar-refractivity contribution is -0.155. The second kappa shape index (κ2) is 11.2. The van der Waals surface area contributed by atoms with Crippen LogP contribution in [0.2, 0.25) is 0 Å². The van der Waals surface area contributed by atoms with Crippen LogP contribution in [0, 0.1) is 5.41 Å². The van der Waals surface area contributed by atoms with Crippen molar-refractivity contribution < 1.29 is 29.0 Å². The summed E-state index contributed by atoms with van der Waals surface area (Å²) in [7, 11) is 0. The van der Waals surface area contributed by atoms with E-state index in [9.17, 15) is 14.4 Å². The highest BCUT2D eigenvalue weighted by atomic mass is 16.6. The Morgan fingerprint density at radius 3 is 2.33 bits per heavy atom. The molecule has 0 aliphatic carbocycles. The van der Waals surface area contributed by atoms with Gasteiger partial charge in [0, 0.05) is 12.2 Å². The lowest BCUT2D eigenvalue weighted by Crippen LogP contribution is -2.32. The maximum Gasteiger partial charge on any atom is 0.319 e. The van der Waals surface area contributed by atoms with Crippen molar-refractivity contribution in [2.45, 2.75) is 33.6 Å². The number of ether oxygens (including phenoxy) is 2. The molecule has 1 rings (SSSR count). The fraction of sp³-hybridized carbons (Fsp3) is 0.526. The van der Waals surface area contributed by atoms with Gasteiger partial charge in [-0.15, -0.1) is 0 Å². The Bertz CT molecular complexity index is 628. The zero-order valence-electron chi connectivity index (χ0n) is 16.0. The van der Waals surface area contributed by atoms with Gasteiger partial charge in [0.25, 0.3) is 0 Å². The third-order valence-corrected chi connectivity index (χ3v) is 4.00. The molecule has 0 spiro atoms. The molecule has 1 aromatic rings. The van der Waals surface area contributed by atoms with Crippen LogP contribution in [-0.4, -0.2) is 49.4 Å². The summed E-state index contributed by atoms with van der Waals surface area (Å²) in [5, 5.41) is 14.0. The standard InChI is InChI=1S/C19H28N2O6/c1-4-19(2,3)17(24)27-12-11-26-10-9-20-18(25)21-15-7-5-14(6-8-15)13-16(22)23/h5-8H,4,9-13H2,1-3H3,(H,22,23)(H2,20,21,25). The Hall–Kier alpha value is -2.61. The van der Waals surface area contributed by atoms with Crippen molar-refractivity contribution in [1.29, 1.82) is 0 Å². The van der Waals surface area contributed by atoms with Crippen LogP contribution in [0.4, 0.5) is 10.5 Å². The monoisotopic (exact) mass is 380 g/mol. The van der Waals surface area contributed by atoms with Crippen LogP contribution in [-0.2, 0) is 25.5 Å². The number of anilines is 1. The molecule has 0 fully saturated rings. The van der Waals surface area contributed by atoms with Crippen molar-refractivity contribution in [1.82, 2.24) is 5.32 Å². The maximum absolute atomic E-state index is 11.8. The third-order valence-electron chi connectivity index (χ3n) is 4.00. The number of amides is 2. The Balaban J connectivity index is 2.14. The van der Waals surface area contributed by atoms with Crippen LogP contribution < -0.4 is 10.6 Å². The number of carboxylic acid groups (broad SMARTS) is 1. The molecule has 0 saturated heterocycles. The number of carbonyl (C=O) groups excluding carboxylic acids is 2. The number of carbonyl (C=O) groups is 3. The number of benzene rings is 1. The number of carboxylic acids is 1. The molecule has 0 aliphatic rings. The minimum Gasteiger partial charge on any atom is -0.481 e. The SMILES string of the molecule is CCC(C)(C)C(=O)OCCOCCNC(=O)Nc1ccc(CC(=O)O)cc1. The summed E-state index contributed by atoms with van der Waals surface area (Å²) in [4.78, 5) is 34.1. The van der Waals surface area contributed by atoms with Crippen molar-refractivity contribution in [2.75, 3.05) is 31.7 Å². The summed E-state index contributed by atoms with van der Waals surface area (Å²) >= 11 is 0. The van der Waals surface area contributed by atoms with Gasteiger partial charge in [-0.25, -0.2) is 4.79 Å².